The van der Waals surface area contributed by atoms with Gasteiger partial charge in [-0.2, -0.15) is 0 Å². The predicted molar refractivity (Wildman–Crippen MR) is 102 cm³/mol. The van der Waals surface area contributed by atoms with Crippen molar-refractivity contribution >= 4 is 11.8 Å². The molecule has 2 amide bonds. The van der Waals surface area contributed by atoms with Gasteiger partial charge < -0.3 is 15.0 Å². The van der Waals surface area contributed by atoms with Gasteiger partial charge in [0.15, 0.2) is 0 Å². The minimum Gasteiger partial charge on any atom is -0.489 e. The molecule has 26 heavy (non-hydrogen) atoms. The van der Waals surface area contributed by atoms with E-state index in [1.54, 1.807) is 25.2 Å². The lowest BCUT2D eigenvalue weighted by Crippen LogP contribution is -2.46. The number of hydrogen-bond donors (Lipinski definition) is 1. The Labute approximate surface area is 155 Å². The summed E-state index contributed by atoms with van der Waals surface area (Å²) in [4.78, 5) is 26.0. The first kappa shape index (κ1) is 19.5. The van der Waals surface area contributed by atoms with Crippen LogP contribution >= 0.6 is 0 Å². The van der Waals surface area contributed by atoms with Crippen molar-refractivity contribution in [3.05, 3.63) is 65.7 Å². The van der Waals surface area contributed by atoms with E-state index in [1.807, 2.05) is 57.2 Å². The summed E-state index contributed by atoms with van der Waals surface area (Å²) in [5, 5.41) is 2.85. The van der Waals surface area contributed by atoms with Gasteiger partial charge in [-0.05, 0) is 44.5 Å². The largest absolute Gasteiger partial charge is 0.489 e. The number of carbonyl (C=O) groups excluding carboxylic acids is 2. The molecule has 5 heteroatoms. The number of amides is 2. The summed E-state index contributed by atoms with van der Waals surface area (Å²) < 4.78 is 5.76. The van der Waals surface area contributed by atoms with Gasteiger partial charge >= 0.3 is 0 Å². The Hall–Kier alpha value is -2.82. The zero-order chi connectivity index (χ0) is 19.2. The topological polar surface area (TPSA) is 58.6 Å². The smallest absolute Gasteiger partial charge is 0.254 e. The van der Waals surface area contributed by atoms with E-state index in [2.05, 4.69) is 5.32 Å². The lowest BCUT2D eigenvalue weighted by atomic mass is 10.1. The molecule has 0 radical (unpaired) electrons. The monoisotopic (exact) mass is 354 g/mol. The zero-order valence-electron chi connectivity index (χ0n) is 15.8. The van der Waals surface area contributed by atoms with Crippen molar-refractivity contribution in [2.75, 3.05) is 13.6 Å². The number of rotatable bonds is 6. The van der Waals surface area contributed by atoms with Crippen LogP contribution in [-0.2, 0) is 11.4 Å². The maximum atomic E-state index is 12.6. The van der Waals surface area contributed by atoms with E-state index in [0.29, 0.717) is 17.9 Å². The van der Waals surface area contributed by atoms with Crippen molar-refractivity contribution in [1.82, 2.24) is 10.2 Å². The highest BCUT2D eigenvalue weighted by molar-refractivity contribution is 5.96. The van der Waals surface area contributed by atoms with Crippen molar-refractivity contribution in [1.29, 1.82) is 0 Å². The summed E-state index contributed by atoms with van der Waals surface area (Å²) >= 11 is 0. The van der Waals surface area contributed by atoms with E-state index in [1.165, 1.54) is 4.90 Å². The number of likely N-dealkylation sites (N-methyl/N-ethyl adjacent to an activating group) is 1. The highest BCUT2D eigenvalue weighted by atomic mass is 16.5. The van der Waals surface area contributed by atoms with Crippen LogP contribution in [0.15, 0.2) is 54.6 Å². The summed E-state index contributed by atoms with van der Waals surface area (Å²) in [5.74, 6) is 0.205. The van der Waals surface area contributed by atoms with E-state index in [-0.39, 0.29) is 23.9 Å². The molecule has 0 aliphatic carbocycles. The number of nitrogens with zero attached hydrogens (tertiary/aromatic N) is 1. The molecule has 0 heterocycles. The Morgan fingerprint density at radius 2 is 1.73 bits per heavy atom. The van der Waals surface area contributed by atoms with Gasteiger partial charge in [-0.25, -0.2) is 0 Å². The van der Waals surface area contributed by atoms with Crippen molar-refractivity contribution < 1.29 is 14.3 Å². The molecule has 0 aliphatic heterocycles. The third-order valence-corrected chi connectivity index (χ3v) is 3.57. The molecule has 0 unspecified atom stereocenters. The minimum atomic E-state index is -0.327. The highest BCUT2D eigenvalue weighted by Crippen LogP contribution is 2.16. The Morgan fingerprint density at radius 3 is 2.38 bits per heavy atom. The molecule has 2 rings (SSSR count). The number of ether oxygens (including phenoxy) is 1. The fourth-order valence-corrected chi connectivity index (χ4v) is 2.43. The van der Waals surface area contributed by atoms with E-state index in [9.17, 15) is 9.59 Å². The quantitative estimate of drug-likeness (QED) is 0.866. The molecule has 138 valence electrons. The molecule has 5 nitrogen and oxygen atoms in total. The average molecular weight is 354 g/mol. The Balaban J connectivity index is 1.97. The lowest BCUT2D eigenvalue weighted by Gasteiger charge is -2.23. The first-order valence-electron chi connectivity index (χ1n) is 8.58. The SMILES string of the molecule is CN(CC(=O)NC(C)(C)C)C(=O)c1cccc(OCc2ccccc2)c1. The van der Waals surface area contributed by atoms with Crippen LogP contribution in [-0.4, -0.2) is 35.8 Å². The predicted octanol–water partition coefficient (Wildman–Crippen LogP) is 3.25. The summed E-state index contributed by atoms with van der Waals surface area (Å²) in [6, 6.07) is 16.8. The van der Waals surface area contributed by atoms with Crippen LogP contribution < -0.4 is 10.1 Å². The van der Waals surface area contributed by atoms with Gasteiger partial charge in [-0.15, -0.1) is 0 Å². The molecule has 0 atom stereocenters. The average Bonchev–Trinajstić information content (AvgIpc) is 2.58. The van der Waals surface area contributed by atoms with Crippen LogP contribution in [0.4, 0.5) is 0 Å². The standard InChI is InChI=1S/C21H26N2O3/c1-21(2,3)22-19(24)14-23(4)20(25)17-11-8-12-18(13-17)26-15-16-9-6-5-7-10-16/h5-13H,14-15H2,1-4H3,(H,22,24). The second-order valence-electron chi connectivity index (χ2n) is 7.26. The van der Waals surface area contributed by atoms with Gasteiger partial charge in [0.25, 0.3) is 5.91 Å². The molecule has 1 N–H and O–H groups in total. The van der Waals surface area contributed by atoms with E-state index >= 15 is 0 Å². The fourth-order valence-electron chi connectivity index (χ4n) is 2.43. The number of nitrogens with one attached hydrogen (secondary N) is 1. The first-order chi connectivity index (χ1) is 12.2. The second kappa shape index (κ2) is 8.52. The van der Waals surface area contributed by atoms with Crippen molar-refractivity contribution in [3.8, 4) is 5.75 Å². The molecular weight excluding hydrogens is 328 g/mol. The van der Waals surface area contributed by atoms with E-state index in [4.69, 9.17) is 4.74 Å². The number of hydrogen-bond acceptors (Lipinski definition) is 3. The van der Waals surface area contributed by atoms with E-state index < -0.39 is 0 Å². The van der Waals surface area contributed by atoms with Crippen LogP contribution in [0.3, 0.4) is 0 Å². The summed E-state index contributed by atoms with van der Waals surface area (Å²) in [6.45, 7) is 6.15. The summed E-state index contributed by atoms with van der Waals surface area (Å²) in [6.07, 6.45) is 0. The molecule has 0 aromatic heterocycles. The summed E-state index contributed by atoms with van der Waals surface area (Å²) in [7, 11) is 1.61. The molecule has 2 aromatic carbocycles. The molecule has 0 saturated heterocycles. The van der Waals surface area contributed by atoms with Gasteiger partial charge in [0.05, 0.1) is 6.54 Å². The maximum absolute atomic E-state index is 12.6. The van der Waals surface area contributed by atoms with Crippen molar-refractivity contribution in [2.24, 2.45) is 0 Å². The van der Waals surface area contributed by atoms with Crippen molar-refractivity contribution in [2.45, 2.75) is 32.9 Å². The first-order valence-corrected chi connectivity index (χ1v) is 8.58. The normalized spacial score (nSPS) is 10.9. The van der Waals surface area contributed by atoms with Gasteiger partial charge in [0, 0.05) is 18.2 Å². The Bertz CT molecular complexity index is 751. The number of carbonyl (C=O) groups is 2. The van der Waals surface area contributed by atoms with Gasteiger partial charge in [-0.3, -0.25) is 9.59 Å². The molecule has 0 saturated carbocycles. The van der Waals surface area contributed by atoms with Crippen LogP contribution in [0.1, 0.15) is 36.7 Å². The van der Waals surface area contributed by atoms with Crippen LogP contribution in [0.5, 0.6) is 5.75 Å². The fraction of sp³-hybridized carbons (Fsp3) is 0.333. The molecule has 2 aromatic rings. The molecule has 0 fully saturated rings. The lowest BCUT2D eigenvalue weighted by molar-refractivity contribution is -0.122. The Morgan fingerprint density at radius 1 is 1.04 bits per heavy atom. The Kier molecular flexibility index (Phi) is 6.39. The zero-order valence-corrected chi connectivity index (χ0v) is 15.8. The second-order valence-corrected chi connectivity index (χ2v) is 7.26. The van der Waals surface area contributed by atoms with Gasteiger partial charge in [-0.1, -0.05) is 36.4 Å². The third kappa shape index (κ3) is 6.24. The molecule has 0 bridgehead atoms. The van der Waals surface area contributed by atoms with E-state index in [0.717, 1.165) is 5.56 Å². The van der Waals surface area contributed by atoms with Gasteiger partial charge in [0.1, 0.15) is 12.4 Å². The molecule has 0 aliphatic rings. The summed E-state index contributed by atoms with van der Waals surface area (Å²) in [5.41, 5.74) is 1.22. The third-order valence-electron chi connectivity index (χ3n) is 3.57. The highest BCUT2D eigenvalue weighted by Gasteiger charge is 2.19. The van der Waals surface area contributed by atoms with Crippen LogP contribution in [0, 0.1) is 0 Å². The van der Waals surface area contributed by atoms with Crippen molar-refractivity contribution in [3.63, 3.8) is 0 Å². The maximum Gasteiger partial charge on any atom is 0.254 e. The van der Waals surface area contributed by atoms with Crippen LogP contribution in [0.2, 0.25) is 0 Å². The number of benzene rings is 2. The molecular formula is C21H26N2O3. The minimum absolute atomic E-state index is 0.00516. The van der Waals surface area contributed by atoms with Crippen LogP contribution in [0.25, 0.3) is 0 Å². The van der Waals surface area contributed by atoms with Gasteiger partial charge in [0.2, 0.25) is 5.91 Å². The molecule has 0 spiro atoms.